The molecule has 0 radical (unpaired) electrons. The number of aromatic nitrogens is 3. The van der Waals surface area contributed by atoms with Gasteiger partial charge in [0.15, 0.2) is 5.82 Å². The van der Waals surface area contributed by atoms with Gasteiger partial charge in [0.05, 0.1) is 44.8 Å². The van der Waals surface area contributed by atoms with E-state index in [1.165, 1.54) is 25.3 Å². The maximum absolute atomic E-state index is 15.6. The van der Waals surface area contributed by atoms with E-state index in [1.807, 2.05) is 55.4 Å². The van der Waals surface area contributed by atoms with Gasteiger partial charge >= 0.3 is 0 Å². The first-order valence-electron chi connectivity index (χ1n) is 18.5. The fraction of sp³-hybridized carbons (Fsp3) is 0.500. The predicted molar refractivity (Wildman–Crippen MR) is 201 cm³/mol. The molecule has 9 nitrogen and oxygen atoms in total. The molecule has 274 valence electrons. The second-order valence-electron chi connectivity index (χ2n) is 16.4. The first-order valence-corrected chi connectivity index (χ1v) is 18.9. The molecule has 4 aromatic rings. The molecule has 0 unspecified atom stereocenters. The number of pyridine rings is 1. The molecule has 2 aromatic heterocycles. The van der Waals surface area contributed by atoms with Crippen molar-refractivity contribution < 1.29 is 18.4 Å². The van der Waals surface area contributed by atoms with Crippen molar-refractivity contribution in [3.63, 3.8) is 0 Å². The Morgan fingerprint density at radius 1 is 1.06 bits per heavy atom. The van der Waals surface area contributed by atoms with Crippen LogP contribution in [0.25, 0.3) is 22.3 Å². The molecule has 1 saturated heterocycles. The van der Waals surface area contributed by atoms with Gasteiger partial charge in [-0.2, -0.15) is 0 Å². The van der Waals surface area contributed by atoms with Crippen LogP contribution >= 0.6 is 11.6 Å². The molecule has 8 rings (SSSR count). The summed E-state index contributed by atoms with van der Waals surface area (Å²) in [4.78, 5) is 41.6. The lowest BCUT2D eigenvalue weighted by atomic mass is 9.71. The zero-order valence-electron chi connectivity index (χ0n) is 30.5. The molecule has 4 aliphatic rings. The number of amides is 2. The highest BCUT2D eigenvalue weighted by Crippen LogP contribution is 2.50. The second kappa shape index (κ2) is 12.5. The molecule has 12 heteroatoms. The summed E-state index contributed by atoms with van der Waals surface area (Å²) >= 11 is 6.34. The molecule has 2 saturated carbocycles. The van der Waals surface area contributed by atoms with E-state index >= 15 is 4.39 Å². The van der Waals surface area contributed by atoms with Crippen LogP contribution in [0.4, 0.5) is 26.0 Å². The summed E-state index contributed by atoms with van der Waals surface area (Å²) in [6.45, 7) is 11.9. The highest BCUT2D eigenvalue weighted by molar-refractivity contribution is 6.34. The maximum atomic E-state index is 15.6. The van der Waals surface area contributed by atoms with Gasteiger partial charge in [0.1, 0.15) is 18.0 Å². The predicted octanol–water partition coefficient (Wildman–Crippen LogP) is 8.48. The number of benzene rings is 2. The zero-order chi connectivity index (χ0) is 36.7. The summed E-state index contributed by atoms with van der Waals surface area (Å²) in [7, 11) is 0. The average Bonchev–Trinajstić information content (AvgIpc) is 3.68. The number of carbonyl (C=O) groups is 2. The Labute approximate surface area is 308 Å². The summed E-state index contributed by atoms with van der Waals surface area (Å²) in [5.41, 5.74) is 3.20. The Kier molecular flexibility index (Phi) is 8.41. The molecule has 4 heterocycles. The number of nitrogens with one attached hydrogen (secondary N) is 2. The molecule has 0 bridgehead atoms. The average molecular weight is 730 g/mol. The summed E-state index contributed by atoms with van der Waals surface area (Å²) in [6.07, 6.45) is 8.43. The van der Waals surface area contributed by atoms with Crippen molar-refractivity contribution in [1.29, 1.82) is 0 Å². The van der Waals surface area contributed by atoms with Crippen molar-refractivity contribution in [2.75, 3.05) is 30.0 Å². The quantitative estimate of drug-likeness (QED) is 0.180. The van der Waals surface area contributed by atoms with Crippen LogP contribution in [0.5, 0.6) is 0 Å². The van der Waals surface area contributed by atoms with Gasteiger partial charge in [0.25, 0.3) is 5.91 Å². The van der Waals surface area contributed by atoms with Gasteiger partial charge in [-0.1, -0.05) is 30.2 Å². The molecule has 0 atom stereocenters. The van der Waals surface area contributed by atoms with Crippen molar-refractivity contribution in [3.8, 4) is 11.3 Å². The minimum absolute atomic E-state index is 0.00341. The van der Waals surface area contributed by atoms with Crippen LogP contribution in [0, 0.1) is 5.82 Å². The van der Waals surface area contributed by atoms with Gasteiger partial charge in [-0.15, -0.1) is 0 Å². The highest BCUT2D eigenvalue weighted by Gasteiger charge is 2.54. The Balaban J connectivity index is 1.16. The number of fused-ring (bicyclic) bond motifs is 2. The van der Waals surface area contributed by atoms with Crippen LogP contribution in [0.2, 0.25) is 5.02 Å². The largest absolute Gasteiger partial charge is 0.344 e. The van der Waals surface area contributed by atoms with E-state index in [0.29, 0.717) is 35.4 Å². The van der Waals surface area contributed by atoms with Crippen molar-refractivity contribution in [1.82, 2.24) is 24.8 Å². The van der Waals surface area contributed by atoms with E-state index in [4.69, 9.17) is 21.6 Å². The minimum atomic E-state index is -0.884. The van der Waals surface area contributed by atoms with Crippen LogP contribution in [-0.4, -0.2) is 68.1 Å². The lowest BCUT2D eigenvalue weighted by Gasteiger charge is -2.55. The number of carbonyl (C=O) groups excluding carboxylic acids is 2. The van der Waals surface area contributed by atoms with Gasteiger partial charge < -0.3 is 20.1 Å². The number of nitrogens with zero attached hydrogens (tertiary/aromatic N) is 5. The first-order chi connectivity index (χ1) is 24.7. The van der Waals surface area contributed by atoms with E-state index in [-0.39, 0.29) is 39.8 Å². The smallest absolute Gasteiger partial charge is 0.253 e. The number of rotatable bonds is 9. The van der Waals surface area contributed by atoms with Crippen LogP contribution in [0.15, 0.2) is 42.7 Å². The minimum Gasteiger partial charge on any atom is -0.344 e. The third-order valence-electron chi connectivity index (χ3n) is 12.0. The summed E-state index contributed by atoms with van der Waals surface area (Å²) in [5, 5.41) is 5.80. The van der Waals surface area contributed by atoms with Crippen LogP contribution in [0.3, 0.4) is 0 Å². The normalized spacial score (nSPS) is 23.5. The van der Waals surface area contributed by atoms with Crippen LogP contribution < -0.4 is 15.5 Å². The molecular formula is C40H46ClF2N7O2. The van der Waals surface area contributed by atoms with Crippen molar-refractivity contribution in [2.45, 2.75) is 108 Å². The number of likely N-dealkylation sites (tertiary alicyclic amines) is 1. The van der Waals surface area contributed by atoms with Gasteiger partial charge in [0, 0.05) is 28.9 Å². The van der Waals surface area contributed by atoms with E-state index in [9.17, 15) is 14.0 Å². The third-order valence-corrected chi connectivity index (χ3v) is 12.3. The van der Waals surface area contributed by atoms with Gasteiger partial charge in [0.2, 0.25) is 5.91 Å². The molecule has 2 aliphatic carbocycles. The lowest BCUT2D eigenvalue weighted by molar-refractivity contribution is -0.123. The molecule has 52 heavy (non-hydrogen) atoms. The Morgan fingerprint density at radius 2 is 1.79 bits per heavy atom. The van der Waals surface area contributed by atoms with Crippen molar-refractivity contribution in [3.05, 3.63) is 64.7 Å². The summed E-state index contributed by atoms with van der Waals surface area (Å²) in [6, 6.07) is 10.5. The van der Waals surface area contributed by atoms with E-state index in [1.54, 1.807) is 6.33 Å². The molecular weight excluding hydrogens is 684 g/mol. The van der Waals surface area contributed by atoms with E-state index < -0.39 is 29.4 Å². The number of imidazole rings is 1. The summed E-state index contributed by atoms with van der Waals surface area (Å²) in [5.74, 6) is -0.775. The maximum Gasteiger partial charge on any atom is 0.253 e. The molecule has 2 N–H and O–H groups in total. The summed E-state index contributed by atoms with van der Waals surface area (Å²) < 4.78 is 31.1. The standard InChI is InChI=1S/C40H46ClF2N7O2/c1-23(2)49-22-44-32-18-30(45-35(34(32)49)46-31-16-26(28(41)17-29(31)43)36(51)47-40(21-42)11-12-40)24-9-10-27-33(15-24)50(37(52)38(27,3)4)25-19-39(5,20-25)48-13-7-6-8-14-48/h9-10,15-18,22-23,25H,6-8,11-14,19-21H2,1-5H3,(H,45,46)(H,47,51)/t25-,39+. The Morgan fingerprint density at radius 3 is 2.46 bits per heavy atom. The fourth-order valence-corrected chi connectivity index (χ4v) is 8.76. The number of anilines is 3. The number of alkyl halides is 1. The van der Waals surface area contributed by atoms with Gasteiger partial charge in [-0.3, -0.25) is 14.5 Å². The number of halogens is 3. The van der Waals surface area contributed by atoms with Gasteiger partial charge in [-0.25, -0.2) is 18.7 Å². The number of piperidine rings is 1. The number of hydrogen-bond acceptors (Lipinski definition) is 6. The molecule has 3 fully saturated rings. The lowest BCUT2D eigenvalue weighted by Crippen LogP contribution is -2.64. The fourth-order valence-electron chi connectivity index (χ4n) is 8.52. The van der Waals surface area contributed by atoms with E-state index in [2.05, 4.69) is 28.5 Å². The zero-order valence-corrected chi connectivity index (χ0v) is 31.2. The van der Waals surface area contributed by atoms with Crippen LogP contribution in [0.1, 0.15) is 102 Å². The molecule has 0 spiro atoms. The van der Waals surface area contributed by atoms with E-state index in [0.717, 1.165) is 48.8 Å². The highest BCUT2D eigenvalue weighted by atomic mass is 35.5. The Bertz CT molecular complexity index is 2100. The topological polar surface area (TPSA) is 95.4 Å². The van der Waals surface area contributed by atoms with Crippen LogP contribution in [-0.2, 0) is 10.2 Å². The molecule has 2 amide bonds. The molecule has 2 aromatic carbocycles. The first kappa shape index (κ1) is 35.0. The van der Waals surface area contributed by atoms with Crippen molar-refractivity contribution in [2.24, 2.45) is 0 Å². The number of hydrogen-bond donors (Lipinski definition) is 2. The molecule has 2 aliphatic heterocycles. The monoisotopic (exact) mass is 729 g/mol. The SMILES string of the molecule is CC(C)n1cnc2cc(-c3ccc4c(c3)N([C@H]3C[C@@](C)(N5CCCCC5)C3)C(=O)C4(C)C)nc(Nc3cc(C(=O)NC4(CF)CC4)c(Cl)cc3F)c21. The third kappa shape index (κ3) is 5.75. The second-order valence-corrected chi connectivity index (χ2v) is 16.8. The Hall–Kier alpha value is -4.09. The van der Waals surface area contributed by atoms with Gasteiger partial charge in [-0.05, 0) is 116 Å². The van der Waals surface area contributed by atoms with Crippen molar-refractivity contribution >= 4 is 51.6 Å².